The molecule has 0 fully saturated rings. The van der Waals surface area contributed by atoms with Gasteiger partial charge in [0, 0.05) is 12.4 Å². The van der Waals surface area contributed by atoms with E-state index in [4.69, 9.17) is 0 Å². The van der Waals surface area contributed by atoms with Gasteiger partial charge in [0.1, 0.15) is 11.4 Å². The van der Waals surface area contributed by atoms with Crippen LogP contribution in [0.4, 0.5) is 0 Å². The van der Waals surface area contributed by atoms with Crippen molar-refractivity contribution in [1.29, 1.82) is 0 Å². The first-order chi connectivity index (χ1) is 8.93. The fourth-order valence-electron chi connectivity index (χ4n) is 1.54. The third-order valence-electron chi connectivity index (χ3n) is 2.38. The van der Waals surface area contributed by atoms with Gasteiger partial charge in [-0.3, -0.25) is 9.97 Å². The zero-order valence-corrected chi connectivity index (χ0v) is 9.43. The lowest BCUT2D eigenvalue weighted by Crippen LogP contribution is -1.96. The molecule has 0 N–H and O–H groups in total. The summed E-state index contributed by atoms with van der Waals surface area (Å²) in [5.74, 6) is 0.499. The number of aromatic nitrogens is 5. The van der Waals surface area contributed by atoms with E-state index in [0.29, 0.717) is 17.2 Å². The monoisotopic (exact) mass is 235 g/mol. The molecule has 0 saturated heterocycles. The van der Waals surface area contributed by atoms with Crippen molar-refractivity contribution in [1.82, 2.24) is 25.1 Å². The van der Waals surface area contributed by atoms with Gasteiger partial charge in [-0.25, -0.2) is 4.98 Å². The molecule has 3 aromatic heterocycles. The Morgan fingerprint density at radius 2 is 1.44 bits per heavy atom. The van der Waals surface area contributed by atoms with Gasteiger partial charge < -0.3 is 0 Å². The summed E-state index contributed by atoms with van der Waals surface area (Å²) in [4.78, 5) is 12.8. The van der Waals surface area contributed by atoms with Crippen LogP contribution in [0.3, 0.4) is 0 Å². The van der Waals surface area contributed by atoms with Crippen molar-refractivity contribution in [3.63, 3.8) is 0 Å². The quantitative estimate of drug-likeness (QED) is 0.679. The maximum Gasteiger partial charge on any atom is 0.201 e. The molecule has 0 aliphatic rings. The lowest BCUT2D eigenvalue weighted by molar-refractivity contribution is 0.971. The normalized spacial score (nSPS) is 10.2. The van der Waals surface area contributed by atoms with Crippen molar-refractivity contribution >= 4 is 0 Å². The van der Waals surface area contributed by atoms with Crippen LogP contribution in [0.2, 0.25) is 0 Å². The van der Waals surface area contributed by atoms with E-state index in [9.17, 15) is 0 Å². The van der Waals surface area contributed by atoms with E-state index < -0.39 is 0 Å². The van der Waals surface area contributed by atoms with E-state index >= 15 is 0 Å². The zero-order chi connectivity index (χ0) is 12.2. The Kier molecular flexibility index (Phi) is 2.71. The Morgan fingerprint density at radius 3 is 2.11 bits per heavy atom. The Morgan fingerprint density at radius 1 is 0.722 bits per heavy atom. The van der Waals surface area contributed by atoms with E-state index in [0.717, 1.165) is 5.69 Å². The Hall–Kier alpha value is -2.69. The highest BCUT2D eigenvalue weighted by Crippen LogP contribution is 2.15. The topological polar surface area (TPSA) is 64.5 Å². The summed E-state index contributed by atoms with van der Waals surface area (Å²) < 4.78 is 0. The molecule has 0 aromatic carbocycles. The van der Waals surface area contributed by atoms with Gasteiger partial charge in [-0.1, -0.05) is 12.1 Å². The predicted octanol–water partition coefficient (Wildman–Crippen LogP) is 2.00. The number of pyridine rings is 2. The zero-order valence-electron chi connectivity index (χ0n) is 9.43. The first-order valence-corrected chi connectivity index (χ1v) is 5.46. The molecule has 0 unspecified atom stereocenters. The highest BCUT2D eigenvalue weighted by atomic mass is 15.2. The molecule has 0 amide bonds. The Bertz CT molecular complexity index is 585. The molecule has 0 radical (unpaired) electrons. The highest BCUT2D eigenvalue weighted by Gasteiger charge is 2.06. The van der Waals surface area contributed by atoms with Crippen molar-refractivity contribution in [3.05, 3.63) is 55.0 Å². The summed E-state index contributed by atoms with van der Waals surface area (Å²) in [6, 6.07) is 11.2. The van der Waals surface area contributed by atoms with Crippen molar-refractivity contribution in [3.8, 4) is 22.9 Å². The van der Waals surface area contributed by atoms with Crippen LogP contribution < -0.4 is 0 Å². The summed E-state index contributed by atoms with van der Waals surface area (Å²) >= 11 is 0. The standard InChI is InChI=1S/C13H9N5/c1-3-7-14-10(5-1)12-9-16-18-13(17-12)11-6-2-4-8-15-11/h1-9H. The molecule has 5 nitrogen and oxygen atoms in total. The van der Waals surface area contributed by atoms with Gasteiger partial charge >= 0.3 is 0 Å². The van der Waals surface area contributed by atoms with Crippen LogP contribution in [0.15, 0.2) is 55.0 Å². The summed E-state index contributed by atoms with van der Waals surface area (Å²) in [6.07, 6.45) is 5.01. The predicted molar refractivity (Wildman–Crippen MR) is 66.3 cm³/mol. The molecule has 3 rings (SSSR count). The van der Waals surface area contributed by atoms with Crippen LogP contribution in [0.5, 0.6) is 0 Å². The van der Waals surface area contributed by atoms with E-state index in [2.05, 4.69) is 25.1 Å². The SMILES string of the molecule is c1ccc(-c2cnnc(-c3ccccn3)n2)nc1. The minimum absolute atomic E-state index is 0.499. The first kappa shape index (κ1) is 10.5. The maximum atomic E-state index is 4.41. The third kappa shape index (κ3) is 2.06. The molecule has 5 heteroatoms. The Labute approximate surface area is 104 Å². The first-order valence-electron chi connectivity index (χ1n) is 5.46. The van der Waals surface area contributed by atoms with Crippen LogP contribution in [0, 0.1) is 0 Å². The maximum absolute atomic E-state index is 4.41. The summed E-state index contributed by atoms with van der Waals surface area (Å²) in [6.45, 7) is 0. The van der Waals surface area contributed by atoms with Crippen LogP contribution in [-0.4, -0.2) is 25.1 Å². The lowest BCUT2D eigenvalue weighted by Gasteiger charge is -2.01. The van der Waals surface area contributed by atoms with Gasteiger partial charge in [0.05, 0.1) is 11.9 Å². The minimum atomic E-state index is 0.499. The fraction of sp³-hybridized carbons (Fsp3) is 0. The molecule has 86 valence electrons. The number of rotatable bonds is 2. The summed E-state index contributed by atoms with van der Waals surface area (Å²) in [5.41, 5.74) is 2.15. The van der Waals surface area contributed by atoms with Gasteiger partial charge in [0.25, 0.3) is 0 Å². The van der Waals surface area contributed by atoms with Gasteiger partial charge in [-0.05, 0) is 24.3 Å². The molecule has 0 bridgehead atoms. The average molecular weight is 235 g/mol. The van der Waals surface area contributed by atoms with Crippen molar-refractivity contribution in [2.24, 2.45) is 0 Å². The molecule has 0 spiro atoms. The van der Waals surface area contributed by atoms with Gasteiger partial charge in [0.2, 0.25) is 5.82 Å². The smallest absolute Gasteiger partial charge is 0.201 e. The van der Waals surface area contributed by atoms with Crippen molar-refractivity contribution < 1.29 is 0 Å². The van der Waals surface area contributed by atoms with Crippen LogP contribution in [0.1, 0.15) is 0 Å². The number of nitrogens with zero attached hydrogens (tertiary/aromatic N) is 5. The number of hydrogen-bond donors (Lipinski definition) is 0. The van der Waals surface area contributed by atoms with Gasteiger partial charge in [-0.2, -0.15) is 5.10 Å². The van der Waals surface area contributed by atoms with E-state index in [1.54, 1.807) is 18.6 Å². The molecular weight excluding hydrogens is 226 g/mol. The molecular formula is C13H9N5. The van der Waals surface area contributed by atoms with Crippen molar-refractivity contribution in [2.75, 3.05) is 0 Å². The van der Waals surface area contributed by atoms with Crippen LogP contribution >= 0.6 is 0 Å². The fourth-order valence-corrected chi connectivity index (χ4v) is 1.54. The molecule has 18 heavy (non-hydrogen) atoms. The Balaban J connectivity index is 2.05. The second kappa shape index (κ2) is 4.67. The summed E-state index contributed by atoms with van der Waals surface area (Å²) in [7, 11) is 0. The van der Waals surface area contributed by atoms with Gasteiger partial charge in [0.15, 0.2) is 0 Å². The second-order valence-corrected chi connectivity index (χ2v) is 3.60. The van der Waals surface area contributed by atoms with Crippen LogP contribution in [0.25, 0.3) is 22.9 Å². The molecule has 0 aliphatic carbocycles. The lowest BCUT2D eigenvalue weighted by atomic mass is 10.3. The molecule has 0 atom stereocenters. The highest BCUT2D eigenvalue weighted by molar-refractivity contribution is 5.56. The molecule has 3 aromatic rings. The largest absolute Gasteiger partial charge is 0.255 e. The summed E-state index contributed by atoms with van der Waals surface area (Å²) in [5, 5.41) is 7.93. The second-order valence-electron chi connectivity index (χ2n) is 3.60. The average Bonchev–Trinajstić information content (AvgIpc) is 2.49. The third-order valence-corrected chi connectivity index (χ3v) is 2.38. The minimum Gasteiger partial charge on any atom is -0.255 e. The van der Waals surface area contributed by atoms with E-state index in [1.165, 1.54) is 0 Å². The van der Waals surface area contributed by atoms with Crippen LogP contribution in [-0.2, 0) is 0 Å². The molecule has 0 saturated carbocycles. The van der Waals surface area contributed by atoms with E-state index in [-0.39, 0.29) is 0 Å². The molecule has 3 heterocycles. The molecule has 0 aliphatic heterocycles. The van der Waals surface area contributed by atoms with Gasteiger partial charge in [-0.15, -0.1) is 5.10 Å². The van der Waals surface area contributed by atoms with E-state index in [1.807, 2.05) is 36.4 Å². The van der Waals surface area contributed by atoms with Crippen molar-refractivity contribution in [2.45, 2.75) is 0 Å². The number of hydrogen-bond acceptors (Lipinski definition) is 5.